The van der Waals surface area contributed by atoms with Crippen LogP contribution in [-0.4, -0.2) is 30.9 Å². The van der Waals surface area contributed by atoms with E-state index >= 15 is 0 Å². The average Bonchev–Trinajstić information content (AvgIpc) is 2.49. The lowest BCUT2D eigenvalue weighted by atomic mass is 9.87. The Balaban J connectivity index is 1.98. The molecule has 1 aliphatic rings. The molecule has 0 aromatic heterocycles. The maximum Gasteiger partial charge on any atom is 0.239 e. The summed E-state index contributed by atoms with van der Waals surface area (Å²) in [7, 11) is 0. The van der Waals surface area contributed by atoms with Crippen molar-refractivity contribution in [2.45, 2.75) is 38.6 Å². The van der Waals surface area contributed by atoms with Gasteiger partial charge >= 0.3 is 0 Å². The summed E-state index contributed by atoms with van der Waals surface area (Å²) in [5, 5.41) is 8.87. The van der Waals surface area contributed by atoms with E-state index < -0.39 is 0 Å². The summed E-state index contributed by atoms with van der Waals surface area (Å²) in [6.45, 7) is 4.73. The van der Waals surface area contributed by atoms with Crippen LogP contribution in [0.1, 0.15) is 38.2 Å². The predicted molar refractivity (Wildman–Crippen MR) is 83.2 cm³/mol. The van der Waals surface area contributed by atoms with Crippen molar-refractivity contribution in [2.24, 2.45) is 0 Å². The fourth-order valence-corrected chi connectivity index (χ4v) is 2.60. The van der Waals surface area contributed by atoms with Crippen molar-refractivity contribution in [1.29, 1.82) is 0 Å². The van der Waals surface area contributed by atoms with Gasteiger partial charge in [-0.2, -0.15) is 0 Å². The molecule has 1 aromatic carbocycles. The Morgan fingerprint density at radius 3 is 2.81 bits per heavy atom. The molecule has 2 rings (SSSR count). The Kier molecular flexibility index (Phi) is 5.20. The molecule has 0 spiro atoms. The van der Waals surface area contributed by atoms with Crippen LogP contribution in [-0.2, 0) is 9.59 Å². The number of amides is 2. The highest BCUT2D eigenvalue weighted by Gasteiger charge is 2.29. The SMILES string of the molecule is CCCNC(=O)CNC(=O)C1CC(C)Nc2ccccc21. The monoisotopic (exact) mass is 289 g/mol. The molecule has 2 amide bonds. The van der Waals surface area contributed by atoms with Crippen molar-refractivity contribution in [3.63, 3.8) is 0 Å². The average molecular weight is 289 g/mol. The minimum absolute atomic E-state index is 0.0410. The third-order valence-electron chi connectivity index (χ3n) is 3.64. The zero-order valence-electron chi connectivity index (χ0n) is 12.6. The Morgan fingerprint density at radius 1 is 1.29 bits per heavy atom. The Bertz CT molecular complexity index is 516. The summed E-state index contributed by atoms with van der Waals surface area (Å²) in [6.07, 6.45) is 1.62. The van der Waals surface area contributed by atoms with Crippen LogP contribution in [0.25, 0.3) is 0 Å². The van der Waals surface area contributed by atoms with Gasteiger partial charge in [-0.15, -0.1) is 0 Å². The zero-order chi connectivity index (χ0) is 15.2. The van der Waals surface area contributed by atoms with Gasteiger partial charge in [0.15, 0.2) is 0 Å². The van der Waals surface area contributed by atoms with Crippen molar-refractivity contribution >= 4 is 17.5 Å². The number of hydrogen-bond acceptors (Lipinski definition) is 3. The summed E-state index contributed by atoms with van der Waals surface area (Å²) >= 11 is 0. The summed E-state index contributed by atoms with van der Waals surface area (Å²) in [5.74, 6) is -0.417. The molecule has 1 aliphatic heterocycles. The van der Waals surface area contributed by atoms with Gasteiger partial charge < -0.3 is 16.0 Å². The number of nitrogens with one attached hydrogen (secondary N) is 3. The fraction of sp³-hybridized carbons (Fsp3) is 0.500. The van der Waals surface area contributed by atoms with Crippen LogP contribution in [0, 0.1) is 0 Å². The quantitative estimate of drug-likeness (QED) is 0.771. The van der Waals surface area contributed by atoms with E-state index in [0.29, 0.717) is 6.54 Å². The molecule has 2 atom stereocenters. The van der Waals surface area contributed by atoms with Crippen LogP contribution in [0.2, 0.25) is 0 Å². The number of carbonyl (C=O) groups is 2. The molecular weight excluding hydrogens is 266 g/mol. The Hall–Kier alpha value is -2.04. The molecule has 21 heavy (non-hydrogen) atoms. The van der Waals surface area contributed by atoms with Gasteiger partial charge in [-0.1, -0.05) is 25.1 Å². The Morgan fingerprint density at radius 2 is 2.05 bits per heavy atom. The van der Waals surface area contributed by atoms with Gasteiger partial charge in [0, 0.05) is 18.3 Å². The molecule has 0 saturated heterocycles. The van der Waals surface area contributed by atoms with E-state index in [0.717, 1.165) is 24.1 Å². The van der Waals surface area contributed by atoms with E-state index in [1.807, 2.05) is 31.2 Å². The third kappa shape index (κ3) is 3.97. The van der Waals surface area contributed by atoms with E-state index in [9.17, 15) is 9.59 Å². The first-order chi connectivity index (χ1) is 10.1. The first-order valence-corrected chi connectivity index (χ1v) is 7.51. The number of anilines is 1. The second-order valence-corrected chi connectivity index (χ2v) is 5.49. The number of benzene rings is 1. The van der Waals surface area contributed by atoms with Gasteiger partial charge in [0.05, 0.1) is 12.5 Å². The normalized spacial score (nSPS) is 20.1. The molecule has 0 bridgehead atoms. The maximum absolute atomic E-state index is 12.4. The molecule has 2 unspecified atom stereocenters. The molecule has 0 aliphatic carbocycles. The minimum Gasteiger partial charge on any atom is -0.382 e. The molecule has 3 N–H and O–H groups in total. The molecule has 0 radical (unpaired) electrons. The highest BCUT2D eigenvalue weighted by atomic mass is 16.2. The van der Waals surface area contributed by atoms with E-state index in [1.54, 1.807) is 0 Å². The van der Waals surface area contributed by atoms with Crippen LogP contribution in [0.3, 0.4) is 0 Å². The number of fused-ring (bicyclic) bond motifs is 1. The highest BCUT2D eigenvalue weighted by Crippen LogP contribution is 2.33. The first kappa shape index (κ1) is 15.4. The van der Waals surface area contributed by atoms with Gasteiger partial charge in [-0.3, -0.25) is 9.59 Å². The van der Waals surface area contributed by atoms with Crippen LogP contribution in [0.5, 0.6) is 0 Å². The maximum atomic E-state index is 12.4. The van der Waals surface area contributed by atoms with Crippen LogP contribution < -0.4 is 16.0 Å². The van der Waals surface area contributed by atoms with Crippen molar-refractivity contribution < 1.29 is 9.59 Å². The smallest absolute Gasteiger partial charge is 0.239 e. The van der Waals surface area contributed by atoms with Crippen molar-refractivity contribution in [3.05, 3.63) is 29.8 Å². The largest absolute Gasteiger partial charge is 0.382 e. The predicted octanol–water partition coefficient (Wildman–Crippen LogP) is 1.62. The number of para-hydroxylation sites is 1. The van der Waals surface area contributed by atoms with E-state index in [4.69, 9.17) is 0 Å². The third-order valence-corrected chi connectivity index (χ3v) is 3.64. The second-order valence-electron chi connectivity index (χ2n) is 5.49. The summed E-state index contributed by atoms with van der Waals surface area (Å²) in [6, 6.07) is 8.08. The molecule has 0 fully saturated rings. The zero-order valence-corrected chi connectivity index (χ0v) is 12.6. The van der Waals surface area contributed by atoms with Crippen LogP contribution in [0.15, 0.2) is 24.3 Å². The lowest BCUT2D eigenvalue weighted by Gasteiger charge is -2.30. The van der Waals surface area contributed by atoms with E-state index in [1.165, 1.54) is 0 Å². The van der Waals surface area contributed by atoms with Gasteiger partial charge in [-0.05, 0) is 31.4 Å². The molecular formula is C16H23N3O2. The minimum atomic E-state index is -0.198. The number of carbonyl (C=O) groups excluding carboxylic acids is 2. The molecule has 1 aromatic rings. The van der Waals surface area contributed by atoms with Crippen molar-refractivity contribution in [3.8, 4) is 0 Å². The van der Waals surface area contributed by atoms with Gasteiger partial charge in [0.1, 0.15) is 0 Å². The summed E-state index contributed by atoms with van der Waals surface area (Å²) < 4.78 is 0. The Labute approximate surface area is 125 Å². The van der Waals surface area contributed by atoms with E-state index in [-0.39, 0.29) is 30.3 Å². The molecule has 1 heterocycles. The molecule has 5 nitrogen and oxygen atoms in total. The van der Waals surface area contributed by atoms with Crippen molar-refractivity contribution in [1.82, 2.24) is 10.6 Å². The summed E-state index contributed by atoms with van der Waals surface area (Å²) in [4.78, 5) is 23.9. The fourth-order valence-electron chi connectivity index (χ4n) is 2.60. The first-order valence-electron chi connectivity index (χ1n) is 7.51. The van der Waals surface area contributed by atoms with Gasteiger partial charge in [-0.25, -0.2) is 0 Å². The van der Waals surface area contributed by atoms with Gasteiger partial charge in [0.25, 0.3) is 0 Å². The second kappa shape index (κ2) is 7.11. The molecule has 114 valence electrons. The molecule has 5 heteroatoms. The lowest BCUT2D eigenvalue weighted by Crippen LogP contribution is -2.41. The van der Waals surface area contributed by atoms with Gasteiger partial charge in [0.2, 0.25) is 11.8 Å². The highest BCUT2D eigenvalue weighted by molar-refractivity contribution is 5.90. The van der Waals surface area contributed by atoms with E-state index in [2.05, 4.69) is 22.9 Å². The number of rotatable bonds is 5. The van der Waals surface area contributed by atoms with Crippen molar-refractivity contribution in [2.75, 3.05) is 18.4 Å². The lowest BCUT2D eigenvalue weighted by molar-refractivity contribution is -0.127. The summed E-state index contributed by atoms with van der Waals surface area (Å²) in [5.41, 5.74) is 2.01. The topological polar surface area (TPSA) is 70.2 Å². The van der Waals surface area contributed by atoms with Crippen LogP contribution >= 0.6 is 0 Å². The molecule has 0 saturated carbocycles. The standard InChI is InChI=1S/C16H23N3O2/c1-3-8-17-15(20)10-18-16(21)13-9-11(2)19-14-7-5-4-6-12(13)14/h4-7,11,13,19H,3,8-10H2,1-2H3,(H,17,20)(H,18,21). The number of hydrogen-bond donors (Lipinski definition) is 3. The van der Waals surface area contributed by atoms with Crippen LogP contribution in [0.4, 0.5) is 5.69 Å².